The molecule has 3 aromatic carbocycles. The van der Waals surface area contributed by atoms with Crippen LogP contribution in [0.25, 0.3) is 43.7 Å². The van der Waals surface area contributed by atoms with Crippen LogP contribution >= 0.6 is 0 Å². The molecule has 5 aliphatic heterocycles. The molecule has 2 bridgehead atoms. The molecule has 5 saturated heterocycles. The van der Waals surface area contributed by atoms with Crippen molar-refractivity contribution < 1.29 is 32.5 Å². The predicted octanol–water partition coefficient (Wildman–Crippen LogP) is 5.08. The highest BCUT2D eigenvalue weighted by Crippen LogP contribution is 2.46. The predicted molar refractivity (Wildman–Crippen MR) is 195 cm³/mol. The number of ether oxygens (including phenoxy) is 2. The van der Waals surface area contributed by atoms with Crippen LogP contribution < -0.4 is 9.64 Å². The van der Waals surface area contributed by atoms with Crippen molar-refractivity contribution in [3.63, 3.8) is 0 Å². The number of hydrogen-bond donors (Lipinski definition) is 1. The number of aromatic hydroxyl groups is 1. The molecule has 1 amide bonds. The van der Waals surface area contributed by atoms with E-state index >= 15 is 8.78 Å². The van der Waals surface area contributed by atoms with E-state index < -0.39 is 23.3 Å². The van der Waals surface area contributed by atoms with E-state index in [1.54, 1.807) is 17.9 Å². The smallest absolute Gasteiger partial charge is 0.319 e. The van der Waals surface area contributed by atoms with Crippen LogP contribution in [0.15, 0.2) is 30.5 Å². The average Bonchev–Trinajstić information content (AvgIpc) is 3.85. The van der Waals surface area contributed by atoms with Crippen molar-refractivity contribution in [3.05, 3.63) is 47.7 Å². The van der Waals surface area contributed by atoms with E-state index in [2.05, 4.69) is 15.7 Å². The minimum absolute atomic E-state index is 0.00784. The number of piperazine rings is 1. The molecule has 0 radical (unpaired) electrons. The van der Waals surface area contributed by atoms with E-state index in [4.69, 9.17) is 31.0 Å². The standard InChI is InChI=1S/C40H38F3N7O4/c1-3-27-30(42)8-5-21-11-26(51)12-28(31(21)27)32-34(43)36-33(29-17-47(2)46-35(29)32)37(45-39(44-36)54-20-40-9-4-10-49(40)14-23(41)13-40)48-15-24-6-7-25(16-48)50(24)38(52)22-18-53-19-22/h1,5,8,11-12,17,22-25,51H,4,6-7,9-10,13-16,18-20H2,2H3/t23-,24-,25+,40+/m1/s1. The van der Waals surface area contributed by atoms with Gasteiger partial charge in [-0.3, -0.25) is 14.4 Å². The molecule has 278 valence electrons. The van der Waals surface area contributed by atoms with Crippen LogP contribution in [0, 0.1) is 29.9 Å². The van der Waals surface area contributed by atoms with Gasteiger partial charge in [0.05, 0.1) is 35.6 Å². The van der Waals surface area contributed by atoms with Crippen LogP contribution in [0.3, 0.4) is 0 Å². The number of anilines is 1. The van der Waals surface area contributed by atoms with Crippen LogP contribution in [0.5, 0.6) is 11.8 Å². The Morgan fingerprint density at radius 1 is 1.11 bits per heavy atom. The molecule has 14 heteroatoms. The fourth-order valence-corrected chi connectivity index (χ4v) is 9.89. The molecule has 0 saturated carbocycles. The number of nitrogens with zero attached hydrogens (tertiary/aromatic N) is 7. The summed E-state index contributed by atoms with van der Waals surface area (Å²) in [6.07, 6.45) is 10.3. The Bertz CT molecular complexity index is 2430. The zero-order valence-corrected chi connectivity index (χ0v) is 29.7. The number of fused-ring (bicyclic) bond motifs is 7. The van der Waals surface area contributed by atoms with Crippen molar-refractivity contribution in [1.82, 2.24) is 29.5 Å². The number of alkyl halides is 1. The lowest BCUT2D eigenvalue weighted by Crippen LogP contribution is -2.59. The Balaban J connectivity index is 1.17. The van der Waals surface area contributed by atoms with Gasteiger partial charge in [0.25, 0.3) is 0 Å². The Hall–Kier alpha value is -5.13. The molecule has 0 unspecified atom stereocenters. The number of phenols is 1. The summed E-state index contributed by atoms with van der Waals surface area (Å²) in [5.41, 5.74) is -0.212. The van der Waals surface area contributed by atoms with E-state index in [9.17, 15) is 14.3 Å². The highest BCUT2D eigenvalue weighted by Gasteiger charge is 2.50. The van der Waals surface area contributed by atoms with Crippen molar-refractivity contribution >= 4 is 44.3 Å². The molecule has 5 fully saturated rings. The molecule has 54 heavy (non-hydrogen) atoms. The number of terminal acetylenes is 1. The fourth-order valence-electron chi connectivity index (χ4n) is 9.89. The van der Waals surface area contributed by atoms with Crippen molar-refractivity contribution in [2.75, 3.05) is 50.9 Å². The van der Waals surface area contributed by atoms with Crippen molar-refractivity contribution in [2.24, 2.45) is 13.0 Å². The summed E-state index contributed by atoms with van der Waals surface area (Å²) in [5.74, 6) is 1.26. The van der Waals surface area contributed by atoms with Gasteiger partial charge in [-0.2, -0.15) is 15.1 Å². The number of hydrogen-bond acceptors (Lipinski definition) is 9. The van der Waals surface area contributed by atoms with Crippen LogP contribution in [-0.4, -0.2) is 110 Å². The molecule has 5 aliphatic rings. The summed E-state index contributed by atoms with van der Waals surface area (Å²) in [4.78, 5) is 29.4. The second-order valence-electron chi connectivity index (χ2n) is 15.6. The molecule has 10 rings (SSSR count). The molecule has 7 heterocycles. The van der Waals surface area contributed by atoms with Crippen molar-refractivity contribution in [2.45, 2.75) is 55.9 Å². The van der Waals surface area contributed by atoms with Gasteiger partial charge in [-0.1, -0.05) is 12.0 Å². The van der Waals surface area contributed by atoms with Gasteiger partial charge < -0.3 is 24.4 Å². The highest BCUT2D eigenvalue weighted by atomic mass is 19.1. The maximum Gasteiger partial charge on any atom is 0.319 e. The zero-order chi connectivity index (χ0) is 37.0. The number of rotatable bonds is 6. The van der Waals surface area contributed by atoms with E-state index in [1.165, 1.54) is 24.3 Å². The molecular weight excluding hydrogens is 699 g/mol. The Labute approximate surface area is 308 Å². The van der Waals surface area contributed by atoms with Gasteiger partial charge >= 0.3 is 6.01 Å². The number of aryl methyl sites for hydroxylation is 1. The van der Waals surface area contributed by atoms with Crippen LogP contribution in [0.4, 0.5) is 19.0 Å². The maximum absolute atomic E-state index is 17.7. The summed E-state index contributed by atoms with van der Waals surface area (Å²) < 4.78 is 61.0. The third kappa shape index (κ3) is 4.97. The normalized spacial score (nSPS) is 25.5. The first kappa shape index (κ1) is 33.4. The van der Waals surface area contributed by atoms with Crippen LogP contribution in [0.1, 0.15) is 37.7 Å². The van der Waals surface area contributed by atoms with Crippen molar-refractivity contribution in [3.8, 4) is 35.2 Å². The number of benzene rings is 3. The molecule has 0 aliphatic carbocycles. The number of halogens is 3. The van der Waals surface area contributed by atoms with Gasteiger partial charge in [0.15, 0.2) is 5.82 Å². The second kappa shape index (κ2) is 12.2. The molecule has 5 aromatic rings. The largest absolute Gasteiger partial charge is 0.508 e. The summed E-state index contributed by atoms with van der Waals surface area (Å²) in [6, 6.07) is 5.34. The minimum atomic E-state index is -0.961. The van der Waals surface area contributed by atoms with Gasteiger partial charge in [0.2, 0.25) is 5.91 Å². The Morgan fingerprint density at radius 2 is 1.91 bits per heavy atom. The molecule has 4 atom stereocenters. The number of amides is 1. The first-order valence-electron chi connectivity index (χ1n) is 18.6. The lowest BCUT2D eigenvalue weighted by molar-refractivity contribution is -0.153. The van der Waals surface area contributed by atoms with Crippen LogP contribution in [-0.2, 0) is 16.6 Å². The van der Waals surface area contributed by atoms with Gasteiger partial charge in [-0.15, -0.1) is 6.42 Å². The molecule has 2 aromatic heterocycles. The van der Waals surface area contributed by atoms with E-state index in [0.717, 1.165) is 32.2 Å². The number of carbonyl (C=O) groups is 1. The highest BCUT2D eigenvalue weighted by molar-refractivity contribution is 6.18. The second-order valence-corrected chi connectivity index (χ2v) is 15.6. The van der Waals surface area contributed by atoms with Gasteiger partial charge in [-0.05, 0) is 61.4 Å². The maximum atomic E-state index is 17.7. The fraction of sp³-hybridized carbons (Fsp3) is 0.450. The van der Waals surface area contributed by atoms with E-state index in [1.807, 2.05) is 4.90 Å². The lowest BCUT2D eigenvalue weighted by atomic mass is 9.91. The molecule has 0 spiro atoms. The molecular formula is C40H38F3N7O4. The number of phenolic OH excluding ortho intramolecular Hbond substituents is 1. The summed E-state index contributed by atoms with van der Waals surface area (Å²) in [7, 11) is 1.72. The quantitative estimate of drug-likeness (QED) is 0.239. The SMILES string of the molecule is C#Cc1c(F)ccc2cc(O)cc(-c3c(F)c4nc(OC[C@@]56CCCN5C[C@H](F)C6)nc(N5C[C@H]6CC[C@@H](C5)N6C(=O)C5COC5)c4c4cn(C)nc34)c12. The van der Waals surface area contributed by atoms with Gasteiger partial charge in [0.1, 0.15) is 41.2 Å². The van der Waals surface area contributed by atoms with E-state index in [0.29, 0.717) is 61.2 Å². The van der Waals surface area contributed by atoms with Gasteiger partial charge in [-0.25, -0.2) is 13.2 Å². The lowest BCUT2D eigenvalue weighted by Gasteiger charge is -2.44. The summed E-state index contributed by atoms with van der Waals surface area (Å²) in [6.45, 7) is 3.07. The Kier molecular flexibility index (Phi) is 7.55. The number of aromatic nitrogens is 4. The molecule has 1 N–H and O–H groups in total. The average molecular weight is 738 g/mol. The first-order valence-corrected chi connectivity index (χ1v) is 18.6. The number of carbonyl (C=O) groups excluding carboxylic acids is 1. The Morgan fingerprint density at radius 3 is 2.65 bits per heavy atom. The monoisotopic (exact) mass is 737 g/mol. The van der Waals surface area contributed by atoms with Gasteiger partial charge in [0, 0.05) is 67.7 Å². The first-order chi connectivity index (χ1) is 26.1. The summed E-state index contributed by atoms with van der Waals surface area (Å²) >= 11 is 0. The van der Waals surface area contributed by atoms with Crippen LogP contribution in [0.2, 0.25) is 0 Å². The molecule has 11 nitrogen and oxygen atoms in total. The minimum Gasteiger partial charge on any atom is -0.508 e. The van der Waals surface area contributed by atoms with Crippen molar-refractivity contribution in [1.29, 1.82) is 0 Å². The third-order valence-corrected chi connectivity index (χ3v) is 12.4. The van der Waals surface area contributed by atoms with E-state index in [-0.39, 0.29) is 75.4 Å². The third-order valence-electron chi connectivity index (χ3n) is 12.4. The zero-order valence-electron chi connectivity index (χ0n) is 29.7. The summed E-state index contributed by atoms with van der Waals surface area (Å²) in [5, 5.41) is 17.2. The topological polar surface area (TPSA) is 109 Å².